The van der Waals surface area contributed by atoms with Crippen LogP contribution >= 0.6 is 0 Å². The Morgan fingerprint density at radius 1 is 1.17 bits per heavy atom. The number of nitrogens with two attached hydrogens (primary N) is 1. The first kappa shape index (κ1) is 33.7. The van der Waals surface area contributed by atoms with Gasteiger partial charge >= 0.3 is 0 Å². The van der Waals surface area contributed by atoms with Gasteiger partial charge in [-0.05, 0) is 62.6 Å². The summed E-state index contributed by atoms with van der Waals surface area (Å²) in [5.41, 5.74) is 8.65. The molecule has 5 rings (SSSR count). The van der Waals surface area contributed by atoms with Crippen LogP contribution in [0.1, 0.15) is 64.5 Å². The molecule has 250 valence electrons. The Labute approximate surface area is 272 Å². The van der Waals surface area contributed by atoms with Crippen LogP contribution in [0.3, 0.4) is 0 Å². The summed E-state index contributed by atoms with van der Waals surface area (Å²) in [5, 5.41) is 10.8. The number of carbonyl (C=O) groups is 3. The van der Waals surface area contributed by atoms with Gasteiger partial charge in [0.05, 0.1) is 37.2 Å². The van der Waals surface area contributed by atoms with Gasteiger partial charge in [-0.1, -0.05) is 12.1 Å². The highest BCUT2D eigenvalue weighted by molar-refractivity contribution is 6.04. The van der Waals surface area contributed by atoms with E-state index in [1.165, 1.54) is 12.1 Å². The summed E-state index contributed by atoms with van der Waals surface area (Å²) in [6.07, 6.45) is 1.50. The van der Waals surface area contributed by atoms with Gasteiger partial charge in [0.1, 0.15) is 29.1 Å². The van der Waals surface area contributed by atoms with Crippen molar-refractivity contribution in [2.45, 2.75) is 52.4 Å². The third kappa shape index (κ3) is 8.39. The van der Waals surface area contributed by atoms with Crippen LogP contribution in [0.2, 0.25) is 0 Å². The average Bonchev–Trinajstić information content (AvgIpc) is 3.64. The summed E-state index contributed by atoms with van der Waals surface area (Å²) in [7, 11) is 0. The number of aromatic nitrogens is 4. The Morgan fingerprint density at radius 2 is 1.94 bits per heavy atom. The molecule has 0 bridgehead atoms. The number of ether oxygens (including phenoxy) is 2. The predicted molar refractivity (Wildman–Crippen MR) is 174 cm³/mol. The molecule has 4 N–H and O–H groups in total. The molecule has 0 saturated carbocycles. The normalized spacial score (nSPS) is 14.3. The maximum absolute atomic E-state index is 13.6. The molecule has 1 fully saturated rings. The van der Waals surface area contributed by atoms with Crippen molar-refractivity contribution >= 4 is 35.1 Å². The van der Waals surface area contributed by atoms with Crippen LogP contribution in [0.15, 0.2) is 42.5 Å². The molecule has 0 radical (unpaired) electrons. The summed E-state index contributed by atoms with van der Waals surface area (Å²) in [5.74, 6) is -0.896. The molecule has 2 aromatic carbocycles. The fourth-order valence-electron chi connectivity index (χ4n) is 5.65. The van der Waals surface area contributed by atoms with E-state index in [0.29, 0.717) is 67.5 Å². The Bertz CT molecular complexity index is 1700. The monoisotopic (exact) mass is 648 g/mol. The maximum atomic E-state index is 13.6. The van der Waals surface area contributed by atoms with E-state index >= 15 is 0 Å². The lowest BCUT2D eigenvalue weighted by Gasteiger charge is -2.26. The minimum atomic E-state index is -0.653. The highest BCUT2D eigenvalue weighted by Crippen LogP contribution is 2.34. The number of primary amides is 1. The smallest absolute Gasteiger partial charge is 0.276 e. The van der Waals surface area contributed by atoms with Crippen LogP contribution < -0.4 is 21.1 Å². The van der Waals surface area contributed by atoms with Crippen molar-refractivity contribution in [3.05, 3.63) is 70.8 Å². The third-order valence-electron chi connectivity index (χ3n) is 8.00. The number of hydrogen-bond donors (Lipinski definition) is 3. The second-order valence-electron chi connectivity index (χ2n) is 11.4. The number of aldehydes is 1. The first-order valence-corrected chi connectivity index (χ1v) is 15.8. The van der Waals surface area contributed by atoms with Crippen LogP contribution in [-0.2, 0) is 22.6 Å². The van der Waals surface area contributed by atoms with Crippen molar-refractivity contribution in [3.63, 3.8) is 0 Å². The highest BCUT2D eigenvalue weighted by Gasteiger charge is 2.26. The quantitative estimate of drug-likeness (QED) is 0.122. The zero-order valence-corrected chi connectivity index (χ0v) is 26.7. The predicted octanol–water partition coefficient (Wildman–Crippen LogP) is 3.42. The molecule has 1 aliphatic heterocycles. The molecule has 13 nitrogen and oxygen atoms in total. The number of anilines is 1. The van der Waals surface area contributed by atoms with E-state index in [4.69, 9.17) is 20.2 Å². The van der Waals surface area contributed by atoms with E-state index in [1.54, 1.807) is 46.5 Å². The molecule has 0 spiro atoms. The number of morpholine rings is 1. The average molecular weight is 649 g/mol. The van der Waals surface area contributed by atoms with Gasteiger partial charge in [-0.3, -0.25) is 34.4 Å². The molecular weight excluding hydrogens is 607 g/mol. The summed E-state index contributed by atoms with van der Waals surface area (Å²) >= 11 is 0. The van der Waals surface area contributed by atoms with Crippen LogP contribution in [0.25, 0.3) is 11.0 Å². The maximum Gasteiger partial charge on any atom is 0.276 e. The van der Waals surface area contributed by atoms with E-state index in [1.807, 2.05) is 6.92 Å². The summed E-state index contributed by atoms with van der Waals surface area (Å²) < 4.78 is 28.8. The van der Waals surface area contributed by atoms with E-state index in [-0.39, 0.29) is 23.7 Å². The van der Waals surface area contributed by atoms with Crippen molar-refractivity contribution in [2.24, 2.45) is 5.73 Å². The highest BCUT2D eigenvalue weighted by atomic mass is 19.1. The van der Waals surface area contributed by atoms with Crippen LogP contribution in [0, 0.1) is 12.7 Å². The number of hydrogen-bond acceptors (Lipinski definition) is 9. The van der Waals surface area contributed by atoms with Crippen molar-refractivity contribution < 1.29 is 28.2 Å². The van der Waals surface area contributed by atoms with Crippen molar-refractivity contribution in [3.8, 4) is 5.75 Å². The molecule has 1 unspecified atom stereocenters. The van der Waals surface area contributed by atoms with E-state index in [0.717, 1.165) is 37.9 Å². The minimum Gasteiger partial charge on any atom is -0.491 e. The largest absolute Gasteiger partial charge is 0.491 e. The van der Waals surface area contributed by atoms with Gasteiger partial charge in [-0.15, -0.1) is 0 Å². The van der Waals surface area contributed by atoms with Crippen molar-refractivity contribution in [1.29, 1.82) is 0 Å². The van der Waals surface area contributed by atoms with E-state index < -0.39 is 18.0 Å². The number of aryl methyl sites for hydroxylation is 2. The Hall–Kier alpha value is -4.66. The van der Waals surface area contributed by atoms with Gasteiger partial charge in [0.25, 0.3) is 5.91 Å². The Morgan fingerprint density at radius 3 is 2.64 bits per heavy atom. The van der Waals surface area contributed by atoms with Gasteiger partial charge in [-0.2, -0.15) is 5.10 Å². The molecule has 2 aromatic heterocycles. The number of halogens is 1. The summed E-state index contributed by atoms with van der Waals surface area (Å²) in [6.45, 7) is 8.77. The van der Waals surface area contributed by atoms with Gasteiger partial charge in [-0.25, -0.2) is 9.37 Å². The lowest BCUT2D eigenvalue weighted by Crippen LogP contribution is -2.37. The number of amides is 2. The molecule has 1 atom stereocenters. The first-order valence-electron chi connectivity index (χ1n) is 15.8. The lowest BCUT2D eigenvalue weighted by molar-refractivity contribution is -0.108. The standard InChI is InChI=1S/C33H41FN8O5/c1-3-41-27(18-22(2)39-41)32(45)38-33-37-26-19-24(31(35)44)20-28(47-15-5-11-40-12-16-46-17-13-40)30(26)42(33)29(6-4-14-43)36-21-23-7-9-25(34)10-8-23/h7-10,14,18-20,29,36H,3-6,11-13,15-17,21H2,1-2H3,(H2,35,44)(H,37,38,45). The number of nitrogens with zero attached hydrogens (tertiary/aromatic N) is 5. The molecule has 1 aliphatic rings. The van der Waals surface area contributed by atoms with Crippen LogP contribution in [-0.4, -0.2) is 81.8 Å². The van der Waals surface area contributed by atoms with Crippen molar-refractivity contribution in [2.75, 3.05) is 44.8 Å². The number of carbonyl (C=O) groups excluding carboxylic acids is 3. The Balaban J connectivity index is 1.55. The minimum absolute atomic E-state index is 0.175. The first-order chi connectivity index (χ1) is 22.8. The molecular formula is C33H41FN8O5. The second-order valence-corrected chi connectivity index (χ2v) is 11.4. The fraction of sp³-hybridized carbons (Fsp3) is 0.424. The number of benzene rings is 2. The third-order valence-corrected chi connectivity index (χ3v) is 8.00. The van der Waals surface area contributed by atoms with Crippen LogP contribution in [0.4, 0.5) is 10.3 Å². The summed E-state index contributed by atoms with van der Waals surface area (Å²) in [4.78, 5) is 44.7. The molecule has 4 aromatic rings. The van der Waals surface area contributed by atoms with E-state index in [9.17, 15) is 18.8 Å². The van der Waals surface area contributed by atoms with Crippen LogP contribution in [0.5, 0.6) is 5.75 Å². The molecule has 14 heteroatoms. The second kappa shape index (κ2) is 15.8. The zero-order chi connectivity index (χ0) is 33.3. The number of rotatable bonds is 16. The molecule has 47 heavy (non-hydrogen) atoms. The summed E-state index contributed by atoms with van der Waals surface area (Å²) in [6, 6.07) is 10.9. The molecule has 2 amide bonds. The molecule has 3 heterocycles. The molecule has 0 aliphatic carbocycles. The van der Waals surface area contributed by atoms with Gasteiger partial charge < -0.3 is 20.0 Å². The topological polar surface area (TPSA) is 159 Å². The number of nitrogens with one attached hydrogen (secondary N) is 2. The number of fused-ring (bicyclic) bond motifs is 1. The zero-order valence-electron chi connectivity index (χ0n) is 26.7. The number of imidazole rings is 1. The van der Waals surface area contributed by atoms with Gasteiger partial charge in [0, 0.05) is 44.7 Å². The lowest BCUT2D eigenvalue weighted by atomic mass is 10.1. The van der Waals surface area contributed by atoms with E-state index in [2.05, 4.69) is 20.6 Å². The fourth-order valence-corrected chi connectivity index (χ4v) is 5.65. The van der Waals surface area contributed by atoms with Gasteiger partial charge in [0.15, 0.2) is 0 Å². The SMILES string of the molecule is CCn1nc(C)cc1C(=O)Nc1nc2cc(C(N)=O)cc(OCCCN3CCOCC3)c2n1C(CCC=O)NCc1ccc(F)cc1. The Kier molecular flexibility index (Phi) is 11.3. The van der Waals surface area contributed by atoms with Gasteiger partial charge in [0.2, 0.25) is 11.9 Å². The van der Waals surface area contributed by atoms with Crippen molar-refractivity contribution in [1.82, 2.24) is 29.5 Å². The molecule has 1 saturated heterocycles.